The van der Waals surface area contributed by atoms with Crippen LogP contribution in [0.15, 0.2) is 96.2 Å². The Morgan fingerprint density at radius 2 is 1.92 bits per heavy atom. The average molecular weight is 543 g/mol. The molecule has 0 spiro atoms. The lowest BCUT2D eigenvalue weighted by atomic mass is 9.91. The maximum absolute atomic E-state index is 14.0. The summed E-state index contributed by atoms with van der Waals surface area (Å²) in [6.07, 6.45) is 7.29. The molecule has 4 aromatic rings. The molecule has 5 rings (SSSR count). The fraction of sp³-hybridized carbons (Fsp3) is 0.233. The van der Waals surface area contributed by atoms with Gasteiger partial charge >= 0.3 is 0 Å². The SMILES string of the molecule is O=C(C(Cc1ccccc1)n1ccc(-c2cc(Cl)ccc2[N+](=O)[O-])cc1=O)N1CCCC(c2cccnc2)C1. The van der Waals surface area contributed by atoms with E-state index in [1.807, 2.05) is 53.6 Å². The molecule has 2 atom stereocenters. The quantitative estimate of drug-likeness (QED) is 0.221. The van der Waals surface area contributed by atoms with E-state index < -0.39 is 16.5 Å². The number of aromatic nitrogens is 2. The first kappa shape index (κ1) is 26.3. The lowest BCUT2D eigenvalue weighted by molar-refractivity contribution is -0.384. The van der Waals surface area contributed by atoms with Crippen molar-refractivity contribution in [3.8, 4) is 11.1 Å². The summed E-state index contributed by atoms with van der Waals surface area (Å²) in [7, 11) is 0. The highest BCUT2D eigenvalue weighted by Gasteiger charge is 2.31. The van der Waals surface area contributed by atoms with Gasteiger partial charge in [0, 0.05) is 61.2 Å². The number of nitrogens with zero attached hydrogens (tertiary/aromatic N) is 4. The molecule has 198 valence electrons. The lowest BCUT2D eigenvalue weighted by Gasteiger charge is -2.35. The van der Waals surface area contributed by atoms with Gasteiger partial charge in [0.25, 0.3) is 11.2 Å². The van der Waals surface area contributed by atoms with E-state index in [-0.39, 0.29) is 23.1 Å². The molecule has 1 fully saturated rings. The summed E-state index contributed by atoms with van der Waals surface area (Å²) < 4.78 is 1.43. The van der Waals surface area contributed by atoms with Crippen LogP contribution in [0.3, 0.4) is 0 Å². The highest BCUT2D eigenvalue weighted by Crippen LogP contribution is 2.32. The zero-order chi connectivity index (χ0) is 27.4. The van der Waals surface area contributed by atoms with E-state index in [1.54, 1.807) is 18.5 Å². The van der Waals surface area contributed by atoms with E-state index in [0.29, 0.717) is 30.1 Å². The monoisotopic (exact) mass is 542 g/mol. The summed E-state index contributed by atoms with van der Waals surface area (Å²) in [5, 5.41) is 11.9. The molecule has 8 nitrogen and oxygen atoms in total. The Morgan fingerprint density at radius 1 is 1.10 bits per heavy atom. The van der Waals surface area contributed by atoms with E-state index in [9.17, 15) is 19.7 Å². The third-order valence-electron chi connectivity index (χ3n) is 7.20. The van der Waals surface area contributed by atoms with Crippen LogP contribution in [0, 0.1) is 10.1 Å². The Balaban J connectivity index is 1.49. The van der Waals surface area contributed by atoms with Gasteiger partial charge < -0.3 is 9.47 Å². The Hall–Kier alpha value is -4.30. The minimum Gasteiger partial charge on any atom is -0.340 e. The Kier molecular flexibility index (Phi) is 7.84. The first-order valence-corrected chi connectivity index (χ1v) is 13.2. The van der Waals surface area contributed by atoms with E-state index in [0.717, 1.165) is 24.0 Å². The van der Waals surface area contributed by atoms with Gasteiger partial charge in [-0.25, -0.2) is 0 Å². The molecule has 3 heterocycles. The number of amides is 1. The van der Waals surface area contributed by atoms with Crippen molar-refractivity contribution >= 4 is 23.2 Å². The fourth-order valence-corrected chi connectivity index (χ4v) is 5.41. The fourth-order valence-electron chi connectivity index (χ4n) is 5.23. The van der Waals surface area contributed by atoms with Gasteiger partial charge in [-0.15, -0.1) is 0 Å². The molecule has 1 amide bonds. The van der Waals surface area contributed by atoms with Crippen LogP contribution in [0.2, 0.25) is 5.02 Å². The molecule has 0 radical (unpaired) electrons. The van der Waals surface area contributed by atoms with Gasteiger partial charge in [-0.3, -0.25) is 24.7 Å². The highest BCUT2D eigenvalue weighted by molar-refractivity contribution is 6.31. The van der Waals surface area contributed by atoms with Gasteiger partial charge in [-0.05, 0) is 53.8 Å². The summed E-state index contributed by atoms with van der Waals surface area (Å²) in [4.78, 5) is 44.6. The second-order valence-electron chi connectivity index (χ2n) is 9.69. The van der Waals surface area contributed by atoms with Crippen LogP contribution in [-0.2, 0) is 11.2 Å². The van der Waals surface area contributed by atoms with Crippen molar-refractivity contribution in [3.63, 3.8) is 0 Å². The number of nitro groups is 1. The van der Waals surface area contributed by atoms with Crippen LogP contribution >= 0.6 is 11.6 Å². The number of piperidine rings is 1. The zero-order valence-electron chi connectivity index (χ0n) is 21.2. The number of hydrogen-bond acceptors (Lipinski definition) is 5. The second-order valence-corrected chi connectivity index (χ2v) is 10.1. The standard InChI is InChI=1S/C30H27ClN4O4/c31-25-10-11-27(35(38)39)26(18-25)22-12-15-34(29(36)17-22)28(16-21-6-2-1-3-7-21)30(37)33-14-5-9-24(20-33)23-8-4-13-32-19-23/h1-4,6-8,10-13,15,17-19,24,28H,5,9,14,16,20H2. The van der Waals surface area contributed by atoms with Crippen molar-refractivity contribution in [3.05, 3.63) is 128 Å². The van der Waals surface area contributed by atoms with E-state index in [1.165, 1.54) is 28.8 Å². The van der Waals surface area contributed by atoms with Crippen molar-refractivity contribution in [1.82, 2.24) is 14.5 Å². The molecule has 1 aliphatic rings. The maximum atomic E-state index is 14.0. The molecule has 2 aromatic heterocycles. The summed E-state index contributed by atoms with van der Waals surface area (Å²) in [5.41, 5.74) is 2.07. The molecule has 0 saturated carbocycles. The summed E-state index contributed by atoms with van der Waals surface area (Å²) in [6.45, 7) is 1.17. The van der Waals surface area contributed by atoms with Gasteiger partial charge in [0.2, 0.25) is 5.91 Å². The average Bonchev–Trinajstić information content (AvgIpc) is 2.96. The maximum Gasteiger partial charge on any atom is 0.277 e. The molecule has 0 N–H and O–H groups in total. The van der Waals surface area contributed by atoms with Gasteiger partial charge in [0.1, 0.15) is 6.04 Å². The topological polar surface area (TPSA) is 98.3 Å². The van der Waals surface area contributed by atoms with Gasteiger partial charge in [0.05, 0.1) is 10.5 Å². The van der Waals surface area contributed by atoms with Gasteiger partial charge in [-0.2, -0.15) is 0 Å². The highest BCUT2D eigenvalue weighted by atomic mass is 35.5. The van der Waals surface area contributed by atoms with Crippen LogP contribution in [0.4, 0.5) is 5.69 Å². The Bertz CT molecular complexity index is 1540. The molecule has 9 heteroatoms. The van der Waals surface area contributed by atoms with Crippen LogP contribution in [0.5, 0.6) is 0 Å². The van der Waals surface area contributed by atoms with Crippen LogP contribution in [0.25, 0.3) is 11.1 Å². The Morgan fingerprint density at radius 3 is 2.64 bits per heavy atom. The van der Waals surface area contributed by atoms with E-state index >= 15 is 0 Å². The predicted octanol–water partition coefficient (Wildman–Crippen LogP) is 5.66. The second kappa shape index (κ2) is 11.6. The molecule has 2 unspecified atom stereocenters. The number of nitro benzene ring substituents is 1. The van der Waals surface area contributed by atoms with Gasteiger partial charge in [-0.1, -0.05) is 48.0 Å². The smallest absolute Gasteiger partial charge is 0.277 e. The van der Waals surface area contributed by atoms with Crippen molar-refractivity contribution in [1.29, 1.82) is 0 Å². The number of pyridine rings is 2. The van der Waals surface area contributed by atoms with Crippen LogP contribution in [0.1, 0.15) is 35.9 Å². The molecule has 0 bridgehead atoms. The number of carbonyl (C=O) groups excluding carboxylic acids is 1. The third kappa shape index (κ3) is 5.91. The molecular weight excluding hydrogens is 516 g/mol. The number of likely N-dealkylation sites (tertiary alicyclic amines) is 1. The minimum atomic E-state index is -0.768. The molecule has 2 aromatic carbocycles. The van der Waals surface area contributed by atoms with Crippen molar-refractivity contribution in [2.75, 3.05) is 13.1 Å². The molecule has 1 aliphatic heterocycles. The normalized spacial score (nSPS) is 16.0. The zero-order valence-corrected chi connectivity index (χ0v) is 21.9. The van der Waals surface area contributed by atoms with Crippen molar-refractivity contribution in [2.45, 2.75) is 31.2 Å². The predicted molar refractivity (Wildman–Crippen MR) is 150 cm³/mol. The van der Waals surface area contributed by atoms with Crippen molar-refractivity contribution in [2.24, 2.45) is 0 Å². The molecular formula is C30H27ClN4O4. The molecule has 39 heavy (non-hydrogen) atoms. The number of hydrogen-bond donors (Lipinski definition) is 0. The molecule has 0 aliphatic carbocycles. The molecule has 1 saturated heterocycles. The Labute approximate surface area is 230 Å². The summed E-state index contributed by atoms with van der Waals surface area (Å²) in [6, 6.07) is 19.9. The van der Waals surface area contributed by atoms with Crippen LogP contribution in [-0.4, -0.2) is 38.4 Å². The lowest BCUT2D eigenvalue weighted by Crippen LogP contribution is -2.45. The number of rotatable bonds is 7. The van der Waals surface area contributed by atoms with E-state index in [4.69, 9.17) is 11.6 Å². The third-order valence-corrected chi connectivity index (χ3v) is 7.43. The van der Waals surface area contributed by atoms with Gasteiger partial charge in [0.15, 0.2) is 0 Å². The summed E-state index contributed by atoms with van der Waals surface area (Å²) in [5.74, 6) is 0.0484. The number of carbonyl (C=O) groups is 1. The number of benzene rings is 2. The largest absolute Gasteiger partial charge is 0.340 e. The first-order valence-electron chi connectivity index (χ1n) is 12.8. The first-order chi connectivity index (χ1) is 18.9. The minimum absolute atomic E-state index is 0.129. The summed E-state index contributed by atoms with van der Waals surface area (Å²) >= 11 is 6.11. The number of halogens is 1. The van der Waals surface area contributed by atoms with Crippen LogP contribution < -0.4 is 5.56 Å². The van der Waals surface area contributed by atoms with Crippen molar-refractivity contribution < 1.29 is 9.72 Å². The van der Waals surface area contributed by atoms with E-state index in [2.05, 4.69) is 4.98 Å².